The van der Waals surface area contributed by atoms with E-state index in [0.717, 1.165) is 17.0 Å². The smallest absolute Gasteiger partial charge is 0.119 e. The van der Waals surface area contributed by atoms with Gasteiger partial charge in [-0.1, -0.05) is 13.8 Å². The Bertz CT molecular complexity index is 450. The number of hydrogen-bond acceptors (Lipinski definition) is 4. The van der Waals surface area contributed by atoms with Crippen LogP contribution in [0.1, 0.15) is 25.8 Å². The van der Waals surface area contributed by atoms with Crippen molar-refractivity contribution in [1.29, 1.82) is 5.26 Å². The van der Waals surface area contributed by atoms with E-state index in [1.54, 1.807) is 12.0 Å². The van der Waals surface area contributed by atoms with Gasteiger partial charge in [-0.25, -0.2) is 0 Å². The normalized spacial score (nSPS) is 10.9. The van der Waals surface area contributed by atoms with Crippen molar-refractivity contribution < 1.29 is 9.84 Å². The molecule has 0 unspecified atom stereocenters. The summed E-state index contributed by atoms with van der Waals surface area (Å²) in [6.45, 7) is 3.96. The SMILES string of the molecule is COc1ccc(N(C)CO)c(C(C)(C)CC#N)c1. The molecule has 1 aromatic rings. The van der Waals surface area contributed by atoms with Gasteiger partial charge in [-0.3, -0.25) is 0 Å². The molecule has 0 amide bonds. The van der Waals surface area contributed by atoms with Gasteiger partial charge >= 0.3 is 0 Å². The van der Waals surface area contributed by atoms with Gasteiger partial charge < -0.3 is 14.7 Å². The molecule has 0 fully saturated rings. The van der Waals surface area contributed by atoms with E-state index in [-0.39, 0.29) is 12.1 Å². The molecule has 0 aliphatic carbocycles. The molecule has 18 heavy (non-hydrogen) atoms. The summed E-state index contributed by atoms with van der Waals surface area (Å²) in [4.78, 5) is 1.74. The number of methoxy groups -OCH3 is 1. The fraction of sp³-hybridized carbons (Fsp3) is 0.500. The molecule has 0 spiro atoms. The topological polar surface area (TPSA) is 56.5 Å². The van der Waals surface area contributed by atoms with E-state index >= 15 is 0 Å². The second-order valence-corrected chi connectivity index (χ2v) is 4.94. The number of rotatable bonds is 5. The van der Waals surface area contributed by atoms with Gasteiger partial charge in [0.15, 0.2) is 0 Å². The molecule has 0 heterocycles. The lowest BCUT2D eigenvalue weighted by molar-refractivity contribution is 0.298. The zero-order valence-corrected chi connectivity index (χ0v) is 11.4. The number of aliphatic hydroxyl groups excluding tert-OH is 1. The maximum absolute atomic E-state index is 9.26. The van der Waals surface area contributed by atoms with Crippen LogP contribution in [0.15, 0.2) is 18.2 Å². The molecular formula is C14H20N2O2. The summed E-state index contributed by atoms with van der Waals surface area (Å²) in [6, 6.07) is 7.90. The van der Waals surface area contributed by atoms with E-state index in [4.69, 9.17) is 10.00 Å². The molecular weight excluding hydrogens is 228 g/mol. The Hall–Kier alpha value is -1.73. The average Bonchev–Trinajstić information content (AvgIpc) is 2.37. The second-order valence-electron chi connectivity index (χ2n) is 4.94. The fourth-order valence-electron chi connectivity index (χ4n) is 1.89. The van der Waals surface area contributed by atoms with E-state index in [1.807, 2.05) is 39.1 Å². The summed E-state index contributed by atoms with van der Waals surface area (Å²) < 4.78 is 5.23. The first kappa shape index (κ1) is 14.3. The Morgan fingerprint density at radius 3 is 2.61 bits per heavy atom. The van der Waals surface area contributed by atoms with Crippen LogP contribution in [0.4, 0.5) is 5.69 Å². The number of anilines is 1. The highest BCUT2D eigenvalue weighted by molar-refractivity contribution is 5.58. The molecule has 1 rings (SSSR count). The molecule has 0 atom stereocenters. The van der Waals surface area contributed by atoms with E-state index in [0.29, 0.717) is 6.42 Å². The summed E-state index contributed by atoms with van der Waals surface area (Å²) in [5.74, 6) is 0.756. The van der Waals surface area contributed by atoms with Crippen LogP contribution in [0, 0.1) is 11.3 Å². The molecule has 1 aromatic carbocycles. The molecule has 0 aromatic heterocycles. The number of hydrogen-bond donors (Lipinski definition) is 1. The molecule has 1 N–H and O–H groups in total. The van der Waals surface area contributed by atoms with Crippen LogP contribution in [0.5, 0.6) is 5.75 Å². The quantitative estimate of drug-likeness (QED) is 0.812. The van der Waals surface area contributed by atoms with Gasteiger partial charge in [-0.15, -0.1) is 0 Å². The van der Waals surface area contributed by atoms with Gasteiger partial charge in [0.05, 0.1) is 13.2 Å². The van der Waals surface area contributed by atoms with E-state index in [1.165, 1.54) is 0 Å². The van der Waals surface area contributed by atoms with Crippen molar-refractivity contribution in [3.63, 3.8) is 0 Å². The van der Waals surface area contributed by atoms with Gasteiger partial charge in [-0.05, 0) is 23.8 Å². The predicted octanol–water partition coefficient (Wildman–Crippen LogP) is 2.27. The molecule has 0 aliphatic rings. The predicted molar refractivity (Wildman–Crippen MR) is 71.7 cm³/mol. The van der Waals surface area contributed by atoms with Crippen molar-refractivity contribution in [2.24, 2.45) is 0 Å². The van der Waals surface area contributed by atoms with E-state index < -0.39 is 0 Å². The minimum absolute atomic E-state index is 0.0675. The van der Waals surface area contributed by atoms with E-state index in [9.17, 15) is 5.11 Å². The van der Waals surface area contributed by atoms with Crippen LogP contribution >= 0.6 is 0 Å². The van der Waals surface area contributed by atoms with Gasteiger partial charge in [-0.2, -0.15) is 5.26 Å². The Kier molecular flexibility index (Phi) is 4.57. The third-order valence-corrected chi connectivity index (χ3v) is 3.08. The maximum atomic E-state index is 9.26. The van der Waals surface area contributed by atoms with Crippen LogP contribution in [-0.2, 0) is 5.41 Å². The molecule has 98 valence electrons. The minimum atomic E-state index is -0.290. The van der Waals surface area contributed by atoms with Crippen molar-refractivity contribution in [3.8, 4) is 11.8 Å². The third kappa shape index (κ3) is 2.93. The summed E-state index contributed by atoms with van der Waals surface area (Å²) >= 11 is 0. The highest BCUT2D eigenvalue weighted by atomic mass is 16.5. The van der Waals surface area contributed by atoms with Crippen LogP contribution in [0.25, 0.3) is 0 Å². The zero-order chi connectivity index (χ0) is 13.8. The lowest BCUT2D eigenvalue weighted by Gasteiger charge is -2.29. The summed E-state index contributed by atoms with van der Waals surface area (Å²) in [6.07, 6.45) is 0.409. The Labute approximate surface area is 108 Å². The molecule has 0 radical (unpaired) electrons. The highest BCUT2D eigenvalue weighted by Gasteiger charge is 2.25. The van der Waals surface area contributed by atoms with Gasteiger partial charge in [0.25, 0.3) is 0 Å². The number of benzene rings is 1. The Balaban J connectivity index is 3.32. The van der Waals surface area contributed by atoms with Crippen LogP contribution < -0.4 is 9.64 Å². The van der Waals surface area contributed by atoms with Crippen molar-refractivity contribution in [3.05, 3.63) is 23.8 Å². The lowest BCUT2D eigenvalue weighted by atomic mass is 9.80. The first-order chi connectivity index (χ1) is 8.46. The van der Waals surface area contributed by atoms with Crippen LogP contribution in [0.2, 0.25) is 0 Å². The monoisotopic (exact) mass is 248 g/mol. The number of aliphatic hydroxyl groups is 1. The largest absolute Gasteiger partial charge is 0.497 e. The molecule has 4 heteroatoms. The molecule has 4 nitrogen and oxygen atoms in total. The molecule has 0 bridgehead atoms. The van der Waals surface area contributed by atoms with E-state index in [2.05, 4.69) is 6.07 Å². The summed E-state index contributed by atoms with van der Waals surface area (Å²) in [7, 11) is 3.43. The number of ether oxygens (including phenoxy) is 1. The maximum Gasteiger partial charge on any atom is 0.119 e. The average molecular weight is 248 g/mol. The van der Waals surface area contributed by atoms with Crippen molar-refractivity contribution in [2.75, 3.05) is 25.8 Å². The first-order valence-corrected chi connectivity index (χ1v) is 5.83. The zero-order valence-electron chi connectivity index (χ0n) is 11.4. The van der Waals surface area contributed by atoms with Gasteiger partial charge in [0, 0.05) is 24.6 Å². The number of nitriles is 1. The Morgan fingerprint density at radius 1 is 1.44 bits per heavy atom. The summed E-state index contributed by atoms with van der Waals surface area (Å²) in [5, 5.41) is 18.2. The fourth-order valence-corrected chi connectivity index (χ4v) is 1.89. The van der Waals surface area contributed by atoms with Gasteiger partial charge in [0.2, 0.25) is 0 Å². The van der Waals surface area contributed by atoms with Crippen LogP contribution in [0.3, 0.4) is 0 Å². The third-order valence-electron chi connectivity index (χ3n) is 3.08. The Morgan fingerprint density at radius 2 is 2.11 bits per heavy atom. The first-order valence-electron chi connectivity index (χ1n) is 5.83. The standard InChI is InChI=1S/C14H20N2O2/c1-14(2,7-8-15)12-9-11(18-4)5-6-13(12)16(3)10-17/h5-6,9,17H,7,10H2,1-4H3. The highest BCUT2D eigenvalue weighted by Crippen LogP contribution is 2.36. The van der Waals surface area contributed by atoms with Crippen LogP contribution in [-0.4, -0.2) is 26.0 Å². The second kappa shape index (κ2) is 5.74. The summed E-state index contributed by atoms with van der Waals surface area (Å²) in [5.41, 5.74) is 1.63. The molecule has 0 aliphatic heterocycles. The minimum Gasteiger partial charge on any atom is -0.497 e. The van der Waals surface area contributed by atoms with Crippen molar-refractivity contribution in [1.82, 2.24) is 0 Å². The number of nitrogens with zero attached hydrogens (tertiary/aromatic N) is 2. The van der Waals surface area contributed by atoms with Gasteiger partial charge in [0.1, 0.15) is 12.5 Å². The van der Waals surface area contributed by atoms with Crippen molar-refractivity contribution >= 4 is 5.69 Å². The molecule has 0 saturated heterocycles. The molecule has 0 saturated carbocycles. The lowest BCUT2D eigenvalue weighted by Crippen LogP contribution is -2.25. The van der Waals surface area contributed by atoms with Crippen molar-refractivity contribution in [2.45, 2.75) is 25.7 Å².